The summed E-state index contributed by atoms with van der Waals surface area (Å²) in [4.78, 5) is 14.3. The molecule has 6 heteroatoms. The van der Waals surface area contributed by atoms with Gasteiger partial charge < -0.3 is 15.0 Å². The first-order valence-electron chi connectivity index (χ1n) is 9.03. The number of carbonyl (C=O) groups is 1. The minimum atomic E-state index is -0.107. The monoisotopic (exact) mass is 362 g/mol. The van der Waals surface area contributed by atoms with Crippen molar-refractivity contribution in [1.82, 2.24) is 20.0 Å². The van der Waals surface area contributed by atoms with Crippen LogP contribution in [0.25, 0.3) is 5.69 Å². The molecule has 4 rings (SSSR count). The number of amides is 2. The number of rotatable bonds is 4. The molecule has 0 fully saturated rings. The largest absolute Gasteiger partial charge is 0.493 e. The van der Waals surface area contributed by atoms with E-state index < -0.39 is 0 Å². The summed E-state index contributed by atoms with van der Waals surface area (Å²) < 4.78 is 7.48. The second kappa shape index (κ2) is 7.53. The van der Waals surface area contributed by atoms with Crippen LogP contribution in [0.5, 0.6) is 5.75 Å². The summed E-state index contributed by atoms with van der Waals surface area (Å²) in [5.74, 6) is 0.848. The number of benzene rings is 2. The van der Waals surface area contributed by atoms with E-state index in [0.29, 0.717) is 13.2 Å². The highest BCUT2D eigenvalue weighted by Crippen LogP contribution is 2.31. The summed E-state index contributed by atoms with van der Waals surface area (Å²) in [6.07, 6.45) is 4.51. The van der Waals surface area contributed by atoms with Crippen molar-refractivity contribution in [2.45, 2.75) is 19.0 Å². The third kappa shape index (κ3) is 3.79. The molecule has 2 amide bonds. The van der Waals surface area contributed by atoms with Crippen LogP contribution in [-0.4, -0.2) is 34.4 Å². The van der Waals surface area contributed by atoms with E-state index in [1.807, 2.05) is 65.5 Å². The van der Waals surface area contributed by atoms with Gasteiger partial charge in [0.15, 0.2) is 0 Å². The molecular weight excluding hydrogens is 340 g/mol. The fourth-order valence-corrected chi connectivity index (χ4v) is 3.26. The van der Waals surface area contributed by atoms with E-state index in [1.165, 1.54) is 0 Å². The summed E-state index contributed by atoms with van der Waals surface area (Å²) in [7, 11) is 1.79. The maximum Gasteiger partial charge on any atom is 0.317 e. The first-order chi connectivity index (χ1) is 13.2. The molecule has 1 aliphatic rings. The molecule has 138 valence electrons. The molecule has 1 aliphatic heterocycles. The summed E-state index contributed by atoms with van der Waals surface area (Å²) in [5, 5.41) is 7.50. The van der Waals surface area contributed by atoms with Crippen LogP contribution < -0.4 is 10.1 Å². The van der Waals surface area contributed by atoms with Crippen LogP contribution in [-0.2, 0) is 6.54 Å². The van der Waals surface area contributed by atoms with Crippen molar-refractivity contribution in [3.05, 3.63) is 78.1 Å². The predicted octanol–water partition coefficient (Wildman–Crippen LogP) is 3.54. The van der Waals surface area contributed by atoms with Crippen LogP contribution in [0.3, 0.4) is 0 Å². The molecule has 0 saturated carbocycles. The molecule has 27 heavy (non-hydrogen) atoms. The summed E-state index contributed by atoms with van der Waals surface area (Å²) in [5.41, 5.74) is 3.00. The fraction of sp³-hybridized carbons (Fsp3) is 0.238. The average Bonchev–Trinajstić information content (AvgIpc) is 3.17. The van der Waals surface area contributed by atoms with E-state index in [0.717, 1.165) is 29.0 Å². The topological polar surface area (TPSA) is 59.4 Å². The molecule has 0 saturated heterocycles. The Hall–Kier alpha value is -3.28. The van der Waals surface area contributed by atoms with Crippen molar-refractivity contribution >= 4 is 6.03 Å². The molecule has 1 N–H and O–H groups in total. The second-order valence-corrected chi connectivity index (χ2v) is 6.66. The summed E-state index contributed by atoms with van der Waals surface area (Å²) in [6.45, 7) is 1.10. The molecule has 2 heterocycles. The lowest BCUT2D eigenvalue weighted by Gasteiger charge is -2.28. The lowest BCUT2D eigenvalue weighted by molar-refractivity contribution is 0.194. The Bertz CT molecular complexity index is 923. The van der Waals surface area contributed by atoms with Crippen molar-refractivity contribution in [1.29, 1.82) is 0 Å². The Morgan fingerprint density at radius 3 is 2.85 bits per heavy atom. The highest BCUT2D eigenvalue weighted by atomic mass is 16.5. The van der Waals surface area contributed by atoms with Gasteiger partial charge in [-0.25, -0.2) is 9.48 Å². The standard InChI is InChI=1S/C21H22N4O2/c1-24(14-16-13-22-25(15-16)17-7-3-2-4-8-17)21(26)23-19-11-12-27-20-10-6-5-9-18(19)20/h2-10,13,15,19H,11-12,14H2,1H3,(H,23,26)/t19-/m1/s1. The number of hydrogen-bond donors (Lipinski definition) is 1. The number of nitrogens with one attached hydrogen (secondary N) is 1. The Balaban J connectivity index is 1.40. The summed E-state index contributed by atoms with van der Waals surface area (Å²) in [6, 6.07) is 17.6. The van der Waals surface area contributed by atoms with Crippen molar-refractivity contribution in [3.8, 4) is 11.4 Å². The number of aromatic nitrogens is 2. The minimum Gasteiger partial charge on any atom is -0.493 e. The van der Waals surface area contributed by atoms with Gasteiger partial charge in [-0.05, 0) is 18.2 Å². The van der Waals surface area contributed by atoms with Crippen molar-refractivity contribution in [3.63, 3.8) is 0 Å². The molecule has 2 aromatic carbocycles. The number of ether oxygens (including phenoxy) is 1. The van der Waals surface area contributed by atoms with Gasteiger partial charge >= 0.3 is 6.03 Å². The van der Waals surface area contributed by atoms with Crippen molar-refractivity contribution < 1.29 is 9.53 Å². The van der Waals surface area contributed by atoms with Crippen LogP contribution >= 0.6 is 0 Å². The Morgan fingerprint density at radius 1 is 1.22 bits per heavy atom. The van der Waals surface area contributed by atoms with Gasteiger partial charge in [-0.1, -0.05) is 36.4 Å². The van der Waals surface area contributed by atoms with Crippen LogP contribution in [0.1, 0.15) is 23.6 Å². The van der Waals surface area contributed by atoms with Crippen LogP contribution in [0.15, 0.2) is 67.0 Å². The first kappa shape index (κ1) is 17.1. The van der Waals surface area contributed by atoms with Gasteiger partial charge in [-0.15, -0.1) is 0 Å². The Morgan fingerprint density at radius 2 is 2.00 bits per heavy atom. The van der Waals surface area contributed by atoms with Gasteiger partial charge in [0, 0.05) is 30.8 Å². The Labute approximate surface area is 158 Å². The van der Waals surface area contributed by atoms with Gasteiger partial charge in [-0.2, -0.15) is 5.10 Å². The summed E-state index contributed by atoms with van der Waals surface area (Å²) >= 11 is 0. The van der Waals surface area contributed by atoms with Crippen molar-refractivity contribution in [2.24, 2.45) is 0 Å². The minimum absolute atomic E-state index is 0.0306. The van der Waals surface area contributed by atoms with Gasteiger partial charge in [0.2, 0.25) is 0 Å². The van der Waals surface area contributed by atoms with Gasteiger partial charge in [0.25, 0.3) is 0 Å². The number of fused-ring (bicyclic) bond motifs is 1. The highest BCUT2D eigenvalue weighted by molar-refractivity contribution is 5.74. The van der Waals surface area contributed by atoms with Crippen LogP contribution in [0, 0.1) is 0 Å². The molecule has 6 nitrogen and oxygen atoms in total. The molecule has 0 unspecified atom stereocenters. The third-order valence-electron chi connectivity index (χ3n) is 4.68. The highest BCUT2D eigenvalue weighted by Gasteiger charge is 2.23. The first-order valence-corrected chi connectivity index (χ1v) is 9.03. The Kier molecular flexibility index (Phi) is 4.78. The molecule has 1 atom stereocenters. The molecular formula is C21H22N4O2. The van der Waals surface area contributed by atoms with Crippen LogP contribution in [0.4, 0.5) is 4.79 Å². The number of para-hydroxylation sites is 2. The number of carbonyl (C=O) groups excluding carboxylic acids is 1. The van der Waals surface area contributed by atoms with Gasteiger partial charge in [0.1, 0.15) is 5.75 Å². The average molecular weight is 362 g/mol. The fourth-order valence-electron chi connectivity index (χ4n) is 3.26. The zero-order valence-electron chi connectivity index (χ0n) is 15.2. The van der Waals surface area contributed by atoms with Crippen molar-refractivity contribution in [2.75, 3.05) is 13.7 Å². The lowest BCUT2D eigenvalue weighted by atomic mass is 10.0. The van der Waals surface area contributed by atoms with E-state index in [4.69, 9.17) is 4.74 Å². The maximum atomic E-state index is 12.6. The van der Waals surface area contributed by atoms with E-state index in [9.17, 15) is 4.79 Å². The van der Waals surface area contributed by atoms with Gasteiger partial charge in [-0.3, -0.25) is 0 Å². The number of urea groups is 1. The normalized spacial score (nSPS) is 15.5. The number of nitrogens with zero attached hydrogens (tertiary/aromatic N) is 3. The van der Waals surface area contributed by atoms with Crippen LogP contribution in [0.2, 0.25) is 0 Å². The zero-order chi connectivity index (χ0) is 18.6. The van der Waals surface area contributed by atoms with E-state index in [-0.39, 0.29) is 12.1 Å². The maximum absolute atomic E-state index is 12.6. The zero-order valence-corrected chi connectivity index (χ0v) is 15.2. The predicted molar refractivity (Wildman–Crippen MR) is 103 cm³/mol. The number of hydrogen-bond acceptors (Lipinski definition) is 3. The third-order valence-corrected chi connectivity index (χ3v) is 4.68. The quantitative estimate of drug-likeness (QED) is 0.772. The lowest BCUT2D eigenvalue weighted by Crippen LogP contribution is -2.40. The smallest absolute Gasteiger partial charge is 0.317 e. The molecule has 0 bridgehead atoms. The molecule has 0 aliphatic carbocycles. The molecule has 0 spiro atoms. The van der Waals surface area contributed by atoms with Gasteiger partial charge in [0.05, 0.1) is 31.1 Å². The van der Waals surface area contributed by atoms with E-state index >= 15 is 0 Å². The second-order valence-electron chi connectivity index (χ2n) is 6.66. The van der Waals surface area contributed by atoms with E-state index in [2.05, 4.69) is 10.4 Å². The molecule has 3 aromatic rings. The molecule has 1 aromatic heterocycles. The molecule has 0 radical (unpaired) electrons. The van der Waals surface area contributed by atoms with E-state index in [1.54, 1.807) is 18.1 Å². The SMILES string of the molecule is CN(Cc1cnn(-c2ccccc2)c1)C(=O)N[C@@H]1CCOc2ccccc21.